The molecule has 0 aliphatic carbocycles. The Morgan fingerprint density at radius 3 is 2.54 bits per heavy atom. The molecular formula is C19H18FNO3. The number of anilines is 1. The number of ether oxygens (including phenoxy) is 1. The summed E-state index contributed by atoms with van der Waals surface area (Å²) < 4.78 is 17.6. The van der Waals surface area contributed by atoms with E-state index in [0.29, 0.717) is 11.3 Å². The van der Waals surface area contributed by atoms with E-state index in [2.05, 4.69) is 5.32 Å². The molecule has 0 aliphatic rings. The van der Waals surface area contributed by atoms with Gasteiger partial charge in [0.05, 0.1) is 0 Å². The summed E-state index contributed by atoms with van der Waals surface area (Å²) in [5.74, 6) is -1.40. The van der Waals surface area contributed by atoms with Crippen molar-refractivity contribution in [1.29, 1.82) is 0 Å². The topological polar surface area (TPSA) is 55.4 Å². The van der Waals surface area contributed by atoms with Gasteiger partial charge in [-0.25, -0.2) is 9.18 Å². The normalized spacial score (nSPS) is 10.6. The maximum absolute atomic E-state index is 12.8. The molecule has 1 amide bonds. The van der Waals surface area contributed by atoms with Crippen molar-refractivity contribution >= 4 is 23.6 Å². The molecule has 0 atom stereocenters. The molecule has 0 radical (unpaired) electrons. The first kappa shape index (κ1) is 17.4. The summed E-state index contributed by atoms with van der Waals surface area (Å²) in [6.07, 6.45) is 2.68. The number of rotatable bonds is 5. The SMILES string of the molecule is Cc1ccc(C)c(NC(=O)COC(=O)C=Cc2ccc(F)cc2)c1. The molecule has 0 fully saturated rings. The minimum atomic E-state index is -0.643. The summed E-state index contributed by atoms with van der Waals surface area (Å²) >= 11 is 0. The van der Waals surface area contributed by atoms with Crippen LogP contribution in [-0.4, -0.2) is 18.5 Å². The molecule has 0 bridgehead atoms. The van der Waals surface area contributed by atoms with E-state index in [1.807, 2.05) is 32.0 Å². The van der Waals surface area contributed by atoms with Crippen molar-refractivity contribution in [2.24, 2.45) is 0 Å². The molecule has 24 heavy (non-hydrogen) atoms. The summed E-state index contributed by atoms with van der Waals surface area (Å²) in [5.41, 5.74) is 3.30. The molecule has 5 heteroatoms. The van der Waals surface area contributed by atoms with E-state index < -0.39 is 11.9 Å². The van der Waals surface area contributed by atoms with Crippen molar-refractivity contribution in [3.05, 3.63) is 71.0 Å². The summed E-state index contributed by atoms with van der Waals surface area (Å²) in [6, 6.07) is 11.4. The first-order valence-corrected chi connectivity index (χ1v) is 7.41. The Balaban J connectivity index is 1.83. The van der Waals surface area contributed by atoms with E-state index in [4.69, 9.17) is 4.74 Å². The zero-order valence-electron chi connectivity index (χ0n) is 13.5. The molecule has 1 N–H and O–H groups in total. The molecule has 124 valence electrons. The Hall–Kier alpha value is -2.95. The van der Waals surface area contributed by atoms with E-state index in [-0.39, 0.29) is 12.4 Å². The Bertz CT molecular complexity index is 767. The summed E-state index contributed by atoms with van der Waals surface area (Å²) in [4.78, 5) is 23.4. The van der Waals surface area contributed by atoms with Gasteiger partial charge in [0.2, 0.25) is 0 Å². The van der Waals surface area contributed by atoms with Crippen LogP contribution in [0, 0.1) is 19.7 Å². The molecule has 2 rings (SSSR count). The van der Waals surface area contributed by atoms with Gasteiger partial charge in [0, 0.05) is 11.8 Å². The number of amides is 1. The van der Waals surface area contributed by atoms with Crippen molar-refractivity contribution in [2.75, 3.05) is 11.9 Å². The Morgan fingerprint density at radius 2 is 1.83 bits per heavy atom. The van der Waals surface area contributed by atoms with Gasteiger partial charge in [-0.3, -0.25) is 4.79 Å². The van der Waals surface area contributed by atoms with Crippen molar-refractivity contribution in [2.45, 2.75) is 13.8 Å². The largest absolute Gasteiger partial charge is 0.452 e. The second kappa shape index (κ2) is 8.06. The first-order chi connectivity index (χ1) is 11.4. The van der Waals surface area contributed by atoms with Crippen molar-refractivity contribution < 1.29 is 18.7 Å². The second-order valence-electron chi connectivity index (χ2n) is 5.36. The molecule has 0 heterocycles. The molecule has 2 aromatic carbocycles. The minimum absolute atomic E-state index is 0.349. The molecule has 0 saturated heterocycles. The fraction of sp³-hybridized carbons (Fsp3) is 0.158. The Kier molecular flexibility index (Phi) is 5.84. The monoisotopic (exact) mass is 327 g/mol. The second-order valence-corrected chi connectivity index (χ2v) is 5.36. The lowest BCUT2D eigenvalue weighted by molar-refractivity contribution is -0.142. The van der Waals surface area contributed by atoms with E-state index in [1.54, 1.807) is 0 Å². The number of aryl methyl sites for hydroxylation is 2. The van der Waals surface area contributed by atoms with Crippen LogP contribution in [0.25, 0.3) is 6.08 Å². The third-order valence-electron chi connectivity index (χ3n) is 3.29. The first-order valence-electron chi connectivity index (χ1n) is 7.41. The van der Waals surface area contributed by atoms with Crippen LogP contribution in [-0.2, 0) is 14.3 Å². The van der Waals surface area contributed by atoms with E-state index >= 15 is 0 Å². The highest BCUT2D eigenvalue weighted by atomic mass is 19.1. The van der Waals surface area contributed by atoms with Gasteiger partial charge >= 0.3 is 5.97 Å². The van der Waals surface area contributed by atoms with E-state index in [1.165, 1.54) is 36.4 Å². The van der Waals surface area contributed by atoms with Gasteiger partial charge < -0.3 is 10.1 Å². The number of esters is 1. The van der Waals surface area contributed by atoms with Gasteiger partial charge in [-0.1, -0.05) is 24.3 Å². The predicted octanol–water partition coefficient (Wildman–Crippen LogP) is 3.64. The fourth-order valence-corrected chi connectivity index (χ4v) is 1.98. The molecule has 0 aromatic heterocycles. The number of hydrogen-bond acceptors (Lipinski definition) is 3. The van der Waals surface area contributed by atoms with Gasteiger partial charge in [-0.2, -0.15) is 0 Å². The number of nitrogens with one attached hydrogen (secondary N) is 1. The molecule has 2 aromatic rings. The van der Waals surface area contributed by atoms with Crippen LogP contribution in [0.5, 0.6) is 0 Å². The third kappa shape index (κ3) is 5.35. The van der Waals surface area contributed by atoms with Crippen LogP contribution in [0.2, 0.25) is 0 Å². The molecular weight excluding hydrogens is 309 g/mol. The lowest BCUT2D eigenvalue weighted by Gasteiger charge is -2.09. The lowest BCUT2D eigenvalue weighted by Crippen LogP contribution is -2.20. The van der Waals surface area contributed by atoms with Crippen LogP contribution in [0.4, 0.5) is 10.1 Å². The number of carbonyl (C=O) groups excluding carboxylic acids is 2. The van der Waals surface area contributed by atoms with Gasteiger partial charge in [-0.15, -0.1) is 0 Å². The smallest absolute Gasteiger partial charge is 0.331 e. The van der Waals surface area contributed by atoms with Crippen LogP contribution in [0.1, 0.15) is 16.7 Å². The summed E-state index contributed by atoms with van der Waals surface area (Å²) in [7, 11) is 0. The van der Waals surface area contributed by atoms with Gasteiger partial charge in [0.15, 0.2) is 6.61 Å². The average molecular weight is 327 g/mol. The lowest BCUT2D eigenvalue weighted by atomic mass is 10.1. The fourth-order valence-electron chi connectivity index (χ4n) is 1.98. The number of carbonyl (C=O) groups is 2. The van der Waals surface area contributed by atoms with E-state index in [0.717, 1.165) is 11.1 Å². The highest BCUT2D eigenvalue weighted by Gasteiger charge is 2.07. The van der Waals surface area contributed by atoms with Gasteiger partial charge in [-0.05, 0) is 54.8 Å². The predicted molar refractivity (Wildman–Crippen MR) is 90.9 cm³/mol. The van der Waals surface area contributed by atoms with Crippen LogP contribution in [0.15, 0.2) is 48.5 Å². The van der Waals surface area contributed by atoms with Gasteiger partial charge in [0.25, 0.3) is 5.91 Å². The number of hydrogen-bond donors (Lipinski definition) is 1. The third-order valence-corrected chi connectivity index (χ3v) is 3.29. The highest BCUT2D eigenvalue weighted by Crippen LogP contribution is 2.16. The van der Waals surface area contributed by atoms with Gasteiger partial charge in [0.1, 0.15) is 5.82 Å². The van der Waals surface area contributed by atoms with Crippen LogP contribution >= 0.6 is 0 Å². The Labute approximate surface area is 140 Å². The molecule has 0 saturated carbocycles. The zero-order valence-corrected chi connectivity index (χ0v) is 13.5. The number of halogens is 1. The quantitative estimate of drug-likeness (QED) is 0.674. The van der Waals surface area contributed by atoms with Crippen LogP contribution < -0.4 is 5.32 Å². The van der Waals surface area contributed by atoms with Crippen molar-refractivity contribution in [3.63, 3.8) is 0 Å². The Morgan fingerprint density at radius 1 is 1.12 bits per heavy atom. The minimum Gasteiger partial charge on any atom is -0.452 e. The molecule has 0 unspecified atom stereocenters. The maximum atomic E-state index is 12.8. The average Bonchev–Trinajstić information content (AvgIpc) is 2.56. The molecule has 0 spiro atoms. The van der Waals surface area contributed by atoms with Crippen molar-refractivity contribution in [3.8, 4) is 0 Å². The molecule has 4 nitrogen and oxygen atoms in total. The summed E-state index contributed by atoms with van der Waals surface area (Å²) in [6.45, 7) is 3.43. The summed E-state index contributed by atoms with van der Waals surface area (Å²) in [5, 5.41) is 2.70. The molecule has 0 aliphatic heterocycles. The maximum Gasteiger partial charge on any atom is 0.331 e. The zero-order chi connectivity index (χ0) is 17.5. The van der Waals surface area contributed by atoms with E-state index in [9.17, 15) is 14.0 Å². The highest BCUT2D eigenvalue weighted by molar-refractivity contribution is 5.95. The van der Waals surface area contributed by atoms with Crippen molar-refractivity contribution in [1.82, 2.24) is 0 Å². The standard InChI is InChI=1S/C19H18FNO3/c1-13-3-4-14(2)17(11-13)21-18(22)12-24-19(23)10-7-15-5-8-16(20)9-6-15/h3-11H,12H2,1-2H3,(H,21,22). The number of benzene rings is 2. The van der Waals surface area contributed by atoms with Crippen LogP contribution in [0.3, 0.4) is 0 Å².